The van der Waals surface area contributed by atoms with E-state index in [2.05, 4.69) is 13.8 Å². The summed E-state index contributed by atoms with van der Waals surface area (Å²) in [5.41, 5.74) is 2.05. The van der Waals surface area contributed by atoms with Crippen molar-refractivity contribution in [2.24, 2.45) is 5.41 Å². The number of hydrogen-bond donors (Lipinski definition) is 1. The highest BCUT2D eigenvalue weighted by Gasteiger charge is 2.34. The maximum atomic E-state index is 10.3. The summed E-state index contributed by atoms with van der Waals surface area (Å²) < 4.78 is 0. The van der Waals surface area contributed by atoms with Gasteiger partial charge in [-0.3, -0.25) is 0 Å². The molecule has 3 rings (SSSR count). The van der Waals surface area contributed by atoms with Crippen LogP contribution in [-0.2, 0) is 6.42 Å². The summed E-state index contributed by atoms with van der Waals surface area (Å²) in [6.07, 6.45) is 1.27. The molecule has 1 atom stereocenters. The molecule has 1 N–H and O–H groups in total. The molecule has 106 valence electrons. The van der Waals surface area contributed by atoms with E-state index in [-0.39, 0.29) is 5.41 Å². The third-order valence-electron chi connectivity index (χ3n) is 3.59. The van der Waals surface area contributed by atoms with E-state index < -0.39 is 6.10 Å². The molecule has 0 amide bonds. The van der Waals surface area contributed by atoms with Gasteiger partial charge in [0.1, 0.15) is 5.01 Å². The Bertz CT molecular complexity index is 666. The standard InChI is InChI=1S/C15H15Cl2NOS/c1-15(2)6-11-13(12(19)7-15)20-14(18-11)8-3-4-9(16)10(17)5-8/h3-5,12,19H,6-7H2,1-2H3. The highest BCUT2D eigenvalue weighted by atomic mass is 35.5. The molecular formula is C15H15Cl2NOS. The quantitative estimate of drug-likeness (QED) is 0.788. The van der Waals surface area contributed by atoms with Gasteiger partial charge in [0.05, 0.1) is 26.7 Å². The van der Waals surface area contributed by atoms with Crippen molar-refractivity contribution in [3.63, 3.8) is 0 Å². The van der Waals surface area contributed by atoms with Gasteiger partial charge < -0.3 is 5.11 Å². The number of hydrogen-bond acceptors (Lipinski definition) is 3. The number of rotatable bonds is 1. The number of aromatic nitrogens is 1. The molecule has 1 aliphatic rings. The number of aliphatic hydroxyl groups excluding tert-OH is 1. The number of aliphatic hydroxyl groups is 1. The van der Waals surface area contributed by atoms with Crippen LogP contribution in [-0.4, -0.2) is 10.1 Å². The Labute approximate surface area is 132 Å². The Morgan fingerprint density at radius 2 is 2.05 bits per heavy atom. The van der Waals surface area contributed by atoms with Gasteiger partial charge in [0, 0.05) is 5.56 Å². The van der Waals surface area contributed by atoms with Crippen LogP contribution in [0.4, 0.5) is 0 Å². The van der Waals surface area contributed by atoms with Crippen LogP contribution < -0.4 is 0 Å². The Morgan fingerprint density at radius 1 is 1.30 bits per heavy atom. The third-order valence-corrected chi connectivity index (χ3v) is 5.58. The average molecular weight is 328 g/mol. The van der Waals surface area contributed by atoms with E-state index in [0.29, 0.717) is 10.0 Å². The van der Waals surface area contributed by atoms with Crippen LogP contribution >= 0.6 is 34.5 Å². The predicted molar refractivity (Wildman–Crippen MR) is 84.6 cm³/mol. The lowest BCUT2D eigenvalue weighted by atomic mass is 9.77. The first-order valence-electron chi connectivity index (χ1n) is 6.49. The molecule has 20 heavy (non-hydrogen) atoms. The molecule has 5 heteroatoms. The molecule has 0 fully saturated rings. The summed E-state index contributed by atoms with van der Waals surface area (Å²) in [5.74, 6) is 0. The minimum atomic E-state index is -0.414. The highest BCUT2D eigenvalue weighted by molar-refractivity contribution is 7.15. The predicted octanol–water partition coefficient (Wildman–Crippen LogP) is 5.12. The second-order valence-corrected chi connectivity index (χ2v) is 7.86. The summed E-state index contributed by atoms with van der Waals surface area (Å²) in [5, 5.41) is 12.2. The van der Waals surface area contributed by atoms with Crippen molar-refractivity contribution in [3.8, 4) is 10.6 Å². The van der Waals surface area contributed by atoms with Gasteiger partial charge in [0.15, 0.2) is 0 Å². The van der Waals surface area contributed by atoms with Crippen LogP contribution in [0, 0.1) is 5.41 Å². The average Bonchev–Trinajstić information content (AvgIpc) is 2.75. The maximum Gasteiger partial charge on any atom is 0.124 e. The molecule has 0 saturated heterocycles. The Morgan fingerprint density at radius 3 is 2.75 bits per heavy atom. The number of benzene rings is 1. The lowest BCUT2D eigenvalue weighted by Crippen LogP contribution is -2.24. The normalized spacial score (nSPS) is 20.8. The number of nitrogens with zero attached hydrogens (tertiary/aromatic N) is 1. The van der Waals surface area contributed by atoms with Crippen LogP contribution in [0.1, 0.15) is 36.9 Å². The fourth-order valence-electron chi connectivity index (χ4n) is 2.64. The van der Waals surface area contributed by atoms with E-state index in [1.165, 1.54) is 0 Å². The lowest BCUT2D eigenvalue weighted by molar-refractivity contribution is 0.102. The monoisotopic (exact) mass is 327 g/mol. The van der Waals surface area contributed by atoms with Crippen molar-refractivity contribution in [2.75, 3.05) is 0 Å². The van der Waals surface area contributed by atoms with Crippen molar-refractivity contribution in [2.45, 2.75) is 32.8 Å². The topological polar surface area (TPSA) is 33.1 Å². The smallest absolute Gasteiger partial charge is 0.124 e. The van der Waals surface area contributed by atoms with Crippen molar-refractivity contribution in [3.05, 3.63) is 38.8 Å². The molecule has 1 heterocycles. The zero-order chi connectivity index (χ0) is 14.5. The Hall–Kier alpha value is -0.610. The fourth-order valence-corrected chi connectivity index (χ4v) is 4.01. The van der Waals surface area contributed by atoms with E-state index in [9.17, 15) is 5.11 Å². The van der Waals surface area contributed by atoms with Crippen molar-refractivity contribution in [1.82, 2.24) is 4.98 Å². The van der Waals surface area contributed by atoms with Gasteiger partial charge in [-0.05, 0) is 30.4 Å². The van der Waals surface area contributed by atoms with Crippen LogP contribution in [0.3, 0.4) is 0 Å². The summed E-state index contributed by atoms with van der Waals surface area (Å²) in [7, 11) is 0. The van der Waals surface area contributed by atoms with Gasteiger partial charge in [-0.1, -0.05) is 43.1 Å². The molecule has 0 bridgehead atoms. The molecule has 2 nitrogen and oxygen atoms in total. The van der Waals surface area contributed by atoms with E-state index in [4.69, 9.17) is 28.2 Å². The van der Waals surface area contributed by atoms with Gasteiger partial charge in [0.2, 0.25) is 0 Å². The van der Waals surface area contributed by atoms with Gasteiger partial charge in [0.25, 0.3) is 0 Å². The Kier molecular flexibility index (Phi) is 3.57. The first-order chi connectivity index (χ1) is 9.35. The van der Waals surface area contributed by atoms with Crippen LogP contribution in [0.2, 0.25) is 10.0 Å². The van der Waals surface area contributed by atoms with Crippen LogP contribution in [0.15, 0.2) is 18.2 Å². The minimum absolute atomic E-state index is 0.0927. The van der Waals surface area contributed by atoms with Gasteiger partial charge in [-0.15, -0.1) is 11.3 Å². The highest BCUT2D eigenvalue weighted by Crippen LogP contribution is 2.45. The number of thiazole rings is 1. The van der Waals surface area contributed by atoms with E-state index in [0.717, 1.165) is 34.0 Å². The van der Waals surface area contributed by atoms with Crippen molar-refractivity contribution >= 4 is 34.5 Å². The number of fused-ring (bicyclic) bond motifs is 1. The third kappa shape index (κ3) is 2.60. The molecule has 0 aliphatic heterocycles. The molecule has 1 aliphatic carbocycles. The molecule has 1 aromatic carbocycles. The van der Waals surface area contributed by atoms with E-state index in [1.54, 1.807) is 17.4 Å². The molecule has 1 aromatic heterocycles. The molecule has 0 radical (unpaired) electrons. The summed E-state index contributed by atoms with van der Waals surface area (Å²) >= 11 is 13.5. The second-order valence-electron chi connectivity index (χ2n) is 6.02. The van der Waals surface area contributed by atoms with Crippen molar-refractivity contribution in [1.29, 1.82) is 0 Å². The lowest BCUT2D eigenvalue weighted by Gasteiger charge is -2.31. The second kappa shape index (κ2) is 4.99. The van der Waals surface area contributed by atoms with Crippen LogP contribution in [0.25, 0.3) is 10.6 Å². The zero-order valence-electron chi connectivity index (χ0n) is 11.3. The van der Waals surface area contributed by atoms with Crippen LogP contribution in [0.5, 0.6) is 0 Å². The largest absolute Gasteiger partial charge is 0.387 e. The molecule has 0 saturated carbocycles. The van der Waals surface area contributed by atoms with Gasteiger partial charge >= 0.3 is 0 Å². The summed E-state index contributed by atoms with van der Waals surface area (Å²) in [6, 6.07) is 5.52. The minimum Gasteiger partial charge on any atom is -0.387 e. The molecule has 2 aromatic rings. The SMILES string of the molecule is CC1(C)Cc2nc(-c3ccc(Cl)c(Cl)c3)sc2C(O)C1. The maximum absolute atomic E-state index is 10.3. The van der Waals surface area contributed by atoms with E-state index >= 15 is 0 Å². The fraction of sp³-hybridized carbons (Fsp3) is 0.400. The van der Waals surface area contributed by atoms with Crippen molar-refractivity contribution < 1.29 is 5.11 Å². The summed E-state index contributed by atoms with van der Waals surface area (Å²) in [4.78, 5) is 5.69. The Balaban J connectivity index is 2.03. The molecule has 0 spiro atoms. The first kappa shape index (κ1) is 14.3. The van der Waals surface area contributed by atoms with E-state index in [1.807, 2.05) is 12.1 Å². The number of halogens is 2. The summed E-state index contributed by atoms with van der Waals surface area (Å²) in [6.45, 7) is 4.33. The molecule has 1 unspecified atom stereocenters. The first-order valence-corrected chi connectivity index (χ1v) is 8.06. The van der Waals surface area contributed by atoms with Gasteiger partial charge in [-0.2, -0.15) is 0 Å². The molecular weight excluding hydrogens is 313 g/mol. The van der Waals surface area contributed by atoms with Gasteiger partial charge in [-0.25, -0.2) is 4.98 Å². The zero-order valence-corrected chi connectivity index (χ0v) is 13.6.